The standard InChI is InChI=1S/C61H41N/c1-5-19-42(20-6-1)44-37-45(43-21-7-2-8-22-43)39-50(38-44)62(48-33-35-55-53-29-14-13-27-51(53)52-28-15-16-30-54(52)58(55)40-48)49-34-36-57-56-31-17-18-32-59(56)61(60(57)41-49,46-23-9-3-10-24-46)47-25-11-4-12-26-47/h1-41H. The Kier molecular flexibility index (Phi) is 8.47. The molecule has 0 amide bonds. The number of hydrogen-bond acceptors (Lipinski definition) is 1. The van der Waals surface area contributed by atoms with Crippen LogP contribution in [0.1, 0.15) is 22.3 Å². The second-order valence-corrected chi connectivity index (χ2v) is 16.4. The molecular weight excluding hydrogens is 747 g/mol. The molecule has 1 aliphatic carbocycles. The Morgan fingerprint density at radius 3 is 1.23 bits per heavy atom. The third kappa shape index (κ3) is 5.63. The number of fused-ring (bicyclic) bond motifs is 9. The molecule has 11 aromatic rings. The molecule has 1 nitrogen and oxygen atoms in total. The van der Waals surface area contributed by atoms with Crippen LogP contribution in [0.3, 0.4) is 0 Å². The highest BCUT2D eigenvalue weighted by Gasteiger charge is 2.46. The van der Waals surface area contributed by atoms with Gasteiger partial charge in [0.15, 0.2) is 0 Å². The third-order valence-corrected chi connectivity index (χ3v) is 13.1. The van der Waals surface area contributed by atoms with Crippen LogP contribution >= 0.6 is 0 Å². The quantitative estimate of drug-likeness (QED) is 0.145. The van der Waals surface area contributed by atoms with E-state index in [9.17, 15) is 0 Å². The summed E-state index contributed by atoms with van der Waals surface area (Å²) < 4.78 is 0. The summed E-state index contributed by atoms with van der Waals surface area (Å²) in [5, 5.41) is 7.55. The number of nitrogens with zero attached hydrogens (tertiary/aromatic N) is 1. The van der Waals surface area contributed by atoms with Gasteiger partial charge in [-0.05, 0) is 130 Å². The summed E-state index contributed by atoms with van der Waals surface area (Å²) in [5.41, 5.74) is 15.1. The molecule has 0 spiro atoms. The van der Waals surface area contributed by atoms with Gasteiger partial charge in [0, 0.05) is 17.1 Å². The summed E-state index contributed by atoms with van der Waals surface area (Å²) in [6.07, 6.45) is 0. The minimum atomic E-state index is -0.532. The molecule has 0 N–H and O–H groups in total. The van der Waals surface area contributed by atoms with Gasteiger partial charge in [0.25, 0.3) is 0 Å². The fourth-order valence-corrected chi connectivity index (χ4v) is 10.4. The van der Waals surface area contributed by atoms with Crippen molar-refractivity contribution >= 4 is 49.4 Å². The van der Waals surface area contributed by atoms with Crippen LogP contribution in [0, 0.1) is 0 Å². The minimum absolute atomic E-state index is 0.532. The van der Waals surface area contributed by atoms with Crippen LogP contribution in [-0.2, 0) is 5.41 Å². The average Bonchev–Trinajstić information content (AvgIpc) is 3.65. The predicted molar refractivity (Wildman–Crippen MR) is 262 cm³/mol. The van der Waals surface area contributed by atoms with Crippen LogP contribution in [0.2, 0.25) is 0 Å². The van der Waals surface area contributed by atoms with Gasteiger partial charge < -0.3 is 4.90 Å². The SMILES string of the molecule is c1ccc(-c2cc(-c3ccccc3)cc(N(c3ccc4c(c3)C(c3ccccc3)(c3ccccc3)c3ccccc3-4)c3ccc4c5ccccc5c5ccccc5c4c3)c2)cc1. The van der Waals surface area contributed by atoms with Crippen molar-refractivity contribution in [2.24, 2.45) is 0 Å². The Morgan fingerprint density at radius 2 is 0.661 bits per heavy atom. The summed E-state index contributed by atoms with van der Waals surface area (Å²) in [7, 11) is 0. The van der Waals surface area contributed by atoms with Crippen molar-refractivity contribution in [2.45, 2.75) is 5.41 Å². The van der Waals surface area contributed by atoms with E-state index in [1.165, 1.54) is 88.0 Å². The maximum Gasteiger partial charge on any atom is 0.0714 e. The Balaban J connectivity index is 1.18. The van der Waals surface area contributed by atoms with Crippen molar-refractivity contribution < 1.29 is 0 Å². The van der Waals surface area contributed by atoms with Gasteiger partial charge >= 0.3 is 0 Å². The predicted octanol–water partition coefficient (Wildman–Crippen LogP) is 16.3. The Labute approximate surface area is 362 Å². The molecule has 11 aromatic carbocycles. The van der Waals surface area contributed by atoms with Gasteiger partial charge in [-0.1, -0.05) is 206 Å². The molecule has 290 valence electrons. The zero-order valence-electron chi connectivity index (χ0n) is 34.1. The van der Waals surface area contributed by atoms with Gasteiger partial charge in [0.05, 0.1) is 5.41 Å². The molecule has 0 aromatic heterocycles. The van der Waals surface area contributed by atoms with E-state index >= 15 is 0 Å². The normalized spacial score (nSPS) is 12.6. The third-order valence-electron chi connectivity index (χ3n) is 13.1. The number of rotatable bonds is 7. The number of anilines is 3. The van der Waals surface area contributed by atoms with E-state index in [1.807, 2.05) is 0 Å². The van der Waals surface area contributed by atoms with E-state index in [2.05, 4.69) is 254 Å². The molecule has 0 bridgehead atoms. The number of hydrogen-bond donors (Lipinski definition) is 0. The Bertz CT molecular complexity index is 3310. The van der Waals surface area contributed by atoms with E-state index in [-0.39, 0.29) is 0 Å². The molecule has 0 aliphatic heterocycles. The summed E-state index contributed by atoms with van der Waals surface area (Å²) >= 11 is 0. The maximum atomic E-state index is 2.49. The second-order valence-electron chi connectivity index (χ2n) is 16.4. The molecule has 0 unspecified atom stereocenters. The van der Waals surface area contributed by atoms with Gasteiger partial charge in [-0.2, -0.15) is 0 Å². The first-order valence-electron chi connectivity index (χ1n) is 21.5. The van der Waals surface area contributed by atoms with Crippen molar-refractivity contribution in [1.82, 2.24) is 0 Å². The van der Waals surface area contributed by atoms with E-state index in [1.54, 1.807) is 0 Å². The van der Waals surface area contributed by atoms with E-state index in [0.29, 0.717) is 0 Å². The van der Waals surface area contributed by atoms with Crippen LogP contribution in [0.4, 0.5) is 17.1 Å². The van der Waals surface area contributed by atoms with Crippen molar-refractivity contribution in [1.29, 1.82) is 0 Å². The van der Waals surface area contributed by atoms with E-state index in [4.69, 9.17) is 0 Å². The first-order chi connectivity index (χ1) is 30.8. The highest BCUT2D eigenvalue weighted by molar-refractivity contribution is 6.25. The molecular formula is C61H41N. The molecule has 0 fully saturated rings. The van der Waals surface area contributed by atoms with Gasteiger partial charge in [0.2, 0.25) is 0 Å². The fourth-order valence-electron chi connectivity index (χ4n) is 10.4. The lowest BCUT2D eigenvalue weighted by Crippen LogP contribution is -2.28. The van der Waals surface area contributed by atoms with Crippen LogP contribution in [-0.4, -0.2) is 0 Å². The zero-order valence-corrected chi connectivity index (χ0v) is 34.1. The molecule has 0 saturated heterocycles. The molecule has 0 radical (unpaired) electrons. The topological polar surface area (TPSA) is 3.24 Å². The largest absolute Gasteiger partial charge is 0.310 e. The van der Waals surface area contributed by atoms with Crippen LogP contribution < -0.4 is 4.90 Å². The number of benzene rings is 11. The van der Waals surface area contributed by atoms with Gasteiger partial charge in [-0.15, -0.1) is 0 Å². The maximum absolute atomic E-state index is 2.49. The van der Waals surface area contributed by atoms with Gasteiger partial charge in [-0.25, -0.2) is 0 Å². The van der Waals surface area contributed by atoms with Crippen molar-refractivity contribution in [3.05, 3.63) is 271 Å². The lowest BCUT2D eigenvalue weighted by Gasteiger charge is -2.35. The van der Waals surface area contributed by atoms with Crippen molar-refractivity contribution in [3.8, 4) is 33.4 Å². The monoisotopic (exact) mass is 787 g/mol. The molecule has 0 saturated carbocycles. The first-order valence-corrected chi connectivity index (χ1v) is 21.5. The van der Waals surface area contributed by atoms with E-state index < -0.39 is 5.41 Å². The van der Waals surface area contributed by atoms with Gasteiger partial charge in [0.1, 0.15) is 0 Å². The minimum Gasteiger partial charge on any atom is -0.310 e. The Hall–Kier alpha value is -8.00. The average molecular weight is 788 g/mol. The molecule has 0 atom stereocenters. The lowest BCUT2D eigenvalue weighted by molar-refractivity contribution is 0.768. The lowest BCUT2D eigenvalue weighted by atomic mass is 9.67. The highest BCUT2D eigenvalue weighted by Crippen LogP contribution is 2.57. The molecule has 1 aliphatic rings. The van der Waals surface area contributed by atoms with Gasteiger partial charge in [-0.3, -0.25) is 0 Å². The Morgan fingerprint density at radius 1 is 0.242 bits per heavy atom. The zero-order chi connectivity index (χ0) is 41.0. The van der Waals surface area contributed by atoms with E-state index in [0.717, 1.165) is 17.1 Å². The molecule has 1 heteroatoms. The smallest absolute Gasteiger partial charge is 0.0714 e. The summed E-state index contributed by atoms with van der Waals surface area (Å²) in [6, 6.07) is 91.8. The van der Waals surface area contributed by atoms with Crippen molar-refractivity contribution in [3.63, 3.8) is 0 Å². The molecule has 12 rings (SSSR count). The van der Waals surface area contributed by atoms with Crippen molar-refractivity contribution in [2.75, 3.05) is 4.90 Å². The summed E-state index contributed by atoms with van der Waals surface area (Å²) in [5.74, 6) is 0. The first kappa shape index (κ1) is 35.9. The highest BCUT2D eigenvalue weighted by atomic mass is 15.1. The second kappa shape index (κ2) is 14.6. The molecule has 62 heavy (non-hydrogen) atoms. The fraction of sp³-hybridized carbons (Fsp3) is 0.0164. The summed E-state index contributed by atoms with van der Waals surface area (Å²) in [6.45, 7) is 0. The molecule has 0 heterocycles. The van der Waals surface area contributed by atoms with Crippen LogP contribution in [0.5, 0.6) is 0 Å². The van der Waals surface area contributed by atoms with Crippen LogP contribution in [0.15, 0.2) is 249 Å². The van der Waals surface area contributed by atoms with Crippen LogP contribution in [0.25, 0.3) is 65.7 Å². The summed E-state index contributed by atoms with van der Waals surface area (Å²) in [4.78, 5) is 2.49.